The largest absolute Gasteiger partial charge is 0.496 e. The number of benzene rings is 3. The van der Waals surface area contributed by atoms with Gasteiger partial charge in [0, 0.05) is 36.2 Å². The van der Waals surface area contributed by atoms with Crippen LogP contribution in [0.4, 0.5) is 0 Å². The van der Waals surface area contributed by atoms with Crippen LogP contribution in [0.15, 0.2) is 72.9 Å². The zero-order chi connectivity index (χ0) is 28.6. The fourth-order valence-electron chi connectivity index (χ4n) is 4.80. The quantitative estimate of drug-likeness (QED) is 0.262. The molecule has 3 aromatic carbocycles. The maximum absolute atomic E-state index is 13.9. The number of carbonyl (C=O) groups excluding carboxylic acids is 2. The van der Waals surface area contributed by atoms with Crippen molar-refractivity contribution in [2.24, 2.45) is 0 Å². The fraction of sp³-hybridized carbons (Fsp3) is 0.312. The Labute approximate surface area is 235 Å². The molecular formula is C32H37N3O5. The maximum atomic E-state index is 13.9. The van der Waals surface area contributed by atoms with Gasteiger partial charge in [-0.2, -0.15) is 0 Å². The number of H-pyrrole nitrogens is 1. The molecular weight excluding hydrogens is 506 g/mol. The molecule has 0 aliphatic heterocycles. The van der Waals surface area contributed by atoms with Crippen molar-refractivity contribution in [2.75, 3.05) is 34.4 Å². The molecule has 40 heavy (non-hydrogen) atoms. The Morgan fingerprint density at radius 2 is 1.55 bits per heavy atom. The Morgan fingerprint density at radius 1 is 0.850 bits per heavy atom. The highest BCUT2D eigenvalue weighted by atomic mass is 16.5. The Balaban J connectivity index is 1.60. The molecule has 0 saturated heterocycles. The smallest absolute Gasteiger partial charge is 0.258 e. The second-order valence-corrected chi connectivity index (χ2v) is 9.84. The summed E-state index contributed by atoms with van der Waals surface area (Å²) in [7, 11) is 4.71. The average Bonchev–Trinajstić information content (AvgIpc) is 3.40. The number of para-hydroxylation sites is 2. The van der Waals surface area contributed by atoms with E-state index in [2.05, 4.69) is 11.1 Å². The van der Waals surface area contributed by atoms with E-state index in [0.29, 0.717) is 42.3 Å². The van der Waals surface area contributed by atoms with E-state index in [1.54, 1.807) is 42.2 Å². The predicted octanol–water partition coefficient (Wildman–Crippen LogP) is 5.32. The molecule has 0 fully saturated rings. The van der Waals surface area contributed by atoms with Gasteiger partial charge in [-0.15, -0.1) is 0 Å². The van der Waals surface area contributed by atoms with E-state index >= 15 is 0 Å². The zero-order valence-electron chi connectivity index (χ0n) is 23.8. The number of amides is 2. The molecule has 2 amide bonds. The lowest BCUT2D eigenvalue weighted by molar-refractivity contribution is -0.132. The number of nitrogens with zero attached hydrogens (tertiary/aromatic N) is 2. The molecule has 4 aromatic rings. The summed E-state index contributed by atoms with van der Waals surface area (Å²) in [5, 5.41) is 1.14. The predicted molar refractivity (Wildman–Crippen MR) is 156 cm³/mol. The van der Waals surface area contributed by atoms with Gasteiger partial charge in [-0.05, 0) is 61.7 Å². The van der Waals surface area contributed by atoms with Crippen molar-refractivity contribution in [3.63, 3.8) is 0 Å². The van der Waals surface area contributed by atoms with E-state index in [0.717, 1.165) is 22.0 Å². The Hall–Kier alpha value is -4.46. The lowest BCUT2D eigenvalue weighted by atomic mass is 10.1. The van der Waals surface area contributed by atoms with Crippen LogP contribution in [0.25, 0.3) is 10.9 Å². The molecule has 0 aliphatic carbocycles. The van der Waals surface area contributed by atoms with Crippen LogP contribution < -0.4 is 14.2 Å². The van der Waals surface area contributed by atoms with E-state index in [1.807, 2.05) is 62.5 Å². The molecule has 8 heteroatoms. The summed E-state index contributed by atoms with van der Waals surface area (Å²) >= 11 is 0. The molecule has 0 radical (unpaired) electrons. The third-order valence-corrected chi connectivity index (χ3v) is 7.03. The number of fused-ring (bicyclic) bond motifs is 1. The van der Waals surface area contributed by atoms with Crippen molar-refractivity contribution in [3.05, 3.63) is 89.6 Å². The third kappa shape index (κ3) is 6.39. The van der Waals surface area contributed by atoms with Gasteiger partial charge < -0.3 is 29.0 Å². The van der Waals surface area contributed by atoms with Crippen molar-refractivity contribution in [1.29, 1.82) is 0 Å². The molecule has 8 nitrogen and oxygen atoms in total. The van der Waals surface area contributed by atoms with E-state index in [-0.39, 0.29) is 24.4 Å². The second-order valence-electron chi connectivity index (χ2n) is 9.84. The number of hydrogen-bond acceptors (Lipinski definition) is 5. The molecule has 0 saturated carbocycles. The summed E-state index contributed by atoms with van der Waals surface area (Å²) in [6, 6.07) is 20.6. The molecule has 1 N–H and O–H groups in total. The number of nitrogens with one attached hydrogen (secondary N) is 1. The fourth-order valence-corrected chi connectivity index (χ4v) is 4.80. The van der Waals surface area contributed by atoms with Gasteiger partial charge in [0.1, 0.15) is 12.3 Å². The number of hydrogen-bond donors (Lipinski definition) is 1. The normalized spacial score (nSPS) is 10.9. The molecule has 4 rings (SSSR count). The summed E-state index contributed by atoms with van der Waals surface area (Å²) < 4.78 is 16.3. The van der Waals surface area contributed by atoms with E-state index in [4.69, 9.17) is 14.2 Å². The van der Waals surface area contributed by atoms with Gasteiger partial charge in [0.15, 0.2) is 11.5 Å². The molecule has 0 bridgehead atoms. The first-order valence-electron chi connectivity index (χ1n) is 13.3. The van der Waals surface area contributed by atoms with Gasteiger partial charge in [0.05, 0.1) is 26.9 Å². The van der Waals surface area contributed by atoms with Crippen LogP contribution in [-0.4, -0.2) is 67.1 Å². The first-order chi connectivity index (χ1) is 19.4. The molecule has 0 spiro atoms. The molecule has 0 aliphatic rings. The van der Waals surface area contributed by atoms with Crippen LogP contribution in [0.2, 0.25) is 0 Å². The number of methoxy groups -OCH3 is 3. The van der Waals surface area contributed by atoms with Crippen LogP contribution in [0.5, 0.6) is 17.2 Å². The molecule has 210 valence electrons. The number of aromatic amines is 1. The minimum Gasteiger partial charge on any atom is -0.496 e. The monoisotopic (exact) mass is 543 g/mol. The van der Waals surface area contributed by atoms with Gasteiger partial charge in [-0.1, -0.05) is 36.4 Å². The van der Waals surface area contributed by atoms with Gasteiger partial charge in [0.25, 0.3) is 5.91 Å². The van der Waals surface area contributed by atoms with Crippen LogP contribution in [0.3, 0.4) is 0 Å². The summed E-state index contributed by atoms with van der Waals surface area (Å²) in [6.45, 7) is 4.59. The van der Waals surface area contributed by atoms with Crippen molar-refractivity contribution in [3.8, 4) is 17.2 Å². The number of carbonyl (C=O) groups is 2. The number of rotatable bonds is 12. The third-order valence-electron chi connectivity index (χ3n) is 7.03. The zero-order valence-corrected chi connectivity index (χ0v) is 23.8. The highest BCUT2D eigenvalue weighted by molar-refractivity contribution is 5.99. The minimum atomic E-state index is -0.247. The van der Waals surface area contributed by atoms with Gasteiger partial charge in [-0.3, -0.25) is 9.59 Å². The average molecular weight is 544 g/mol. The Bertz CT molecular complexity index is 1460. The second kappa shape index (κ2) is 13.1. The molecule has 1 aromatic heterocycles. The van der Waals surface area contributed by atoms with E-state index in [1.165, 1.54) is 7.11 Å². The van der Waals surface area contributed by atoms with E-state index < -0.39 is 0 Å². The highest BCUT2D eigenvalue weighted by Crippen LogP contribution is 2.28. The van der Waals surface area contributed by atoms with Gasteiger partial charge in [0.2, 0.25) is 5.91 Å². The van der Waals surface area contributed by atoms with Crippen LogP contribution in [-0.2, 0) is 17.8 Å². The minimum absolute atomic E-state index is 0.0598. The summed E-state index contributed by atoms with van der Waals surface area (Å²) in [5.41, 5.74) is 3.52. The van der Waals surface area contributed by atoms with E-state index in [9.17, 15) is 9.59 Å². The van der Waals surface area contributed by atoms with Gasteiger partial charge >= 0.3 is 0 Å². The first-order valence-corrected chi connectivity index (χ1v) is 13.3. The summed E-state index contributed by atoms with van der Waals surface area (Å²) in [6.07, 6.45) is 2.65. The first kappa shape index (κ1) is 28.5. The maximum Gasteiger partial charge on any atom is 0.258 e. The highest BCUT2D eigenvalue weighted by Gasteiger charge is 2.26. The molecule has 0 unspecified atom stereocenters. The van der Waals surface area contributed by atoms with Crippen LogP contribution in [0.1, 0.15) is 35.3 Å². The molecule has 0 atom stereocenters. The van der Waals surface area contributed by atoms with Crippen LogP contribution >= 0.6 is 0 Å². The van der Waals surface area contributed by atoms with Crippen LogP contribution in [0, 0.1) is 0 Å². The topological polar surface area (TPSA) is 84.1 Å². The number of ether oxygens (including phenoxy) is 3. The lowest BCUT2D eigenvalue weighted by Gasteiger charge is -2.30. The molecule has 1 heterocycles. The van der Waals surface area contributed by atoms with Crippen molar-refractivity contribution in [1.82, 2.24) is 14.8 Å². The van der Waals surface area contributed by atoms with Crippen molar-refractivity contribution in [2.45, 2.75) is 32.9 Å². The van der Waals surface area contributed by atoms with Gasteiger partial charge in [-0.25, -0.2) is 0 Å². The Kier molecular flexibility index (Phi) is 9.32. The SMILES string of the molecule is COc1ccc(CN(CCc2c[nH]c3ccccc23)C(=O)CN(C(=O)c2ccccc2OC)C(C)C)cc1OC. The summed E-state index contributed by atoms with van der Waals surface area (Å²) in [5.74, 6) is 1.30. The lowest BCUT2D eigenvalue weighted by Crippen LogP contribution is -2.46. The standard InChI is InChI=1S/C32H37N3O5/c1-22(2)35(32(37)26-11-7-9-13-28(26)38-3)21-31(36)34(20-23-14-15-29(39-4)30(18-23)40-5)17-16-24-19-33-27-12-8-6-10-25(24)27/h6-15,18-19,22,33H,16-17,20-21H2,1-5H3. The van der Waals surface area contributed by atoms with Crippen molar-refractivity contribution >= 4 is 22.7 Å². The Morgan fingerprint density at radius 3 is 2.27 bits per heavy atom. The summed E-state index contributed by atoms with van der Waals surface area (Å²) in [4.78, 5) is 34.2. The van der Waals surface area contributed by atoms with Crippen molar-refractivity contribution < 1.29 is 23.8 Å². The number of aromatic nitrogens is 1.